The van der Waals surface area contributed by atoms with Crippen molar-refractivity contribution in [1.82, 2.24) is 4.72 Å². The molecule has 0 amide bonds. The molecule has 26 heavy (non-hydrogen) atoms. The molecule has 3 nitrogen and oxygen atoms in total. The number of rotatable bonds is 8. The van der Waals surface area contributed by atoms with Gasteiger partial charge < -0.3 is 0 Å². The van der Waals surface area contributed by atoms with Gasteiger partial charge >= 0.3 is 0 Å². The van der Waals surface area contributed by atoms with Crippen molar-refractivity contribution >= 4 is 20.8 Å². The maximum absolute atomic E-state index is 12.6. The summed E-state index contributed by atoms with van der Waals surface area (Å²) >= 11 is 0. The zero-order chi connectivity index (χ0) is 18.4. The number of hydrogen-bond acceptors (Lipinski definition) is 2. The Hall–Kier alpha value is -2.17. The van der Waals surface area contributed by atoms with E-state index in [-0.39, 0.29) is 6.54 Å². The first kappa shape index (κ1) is 18.6. The summed E-state index contributed by atoms with van der Waals surface area (Å²) in [5.74, 6) is 0. The summed E-state index contributed by atoms with van der Waals surface area (Å²) in [6, 6.07) is 21.2. The Morgan fingerprint density at radius 3 is 2.35 bits per heavy atom. The van der Waals surface area contributed by atoms with E-state index in [0.29, 0.717) is 4.90 Å². The maximum atomic E-state index is 12.6. The summed E-state index contributed by atoms with van der Waals surface area (Å²) in [4.78, 5) is 0.317. The Balaban J connectivity index is 1.70. The molecule has 0 saturated carbocycles. The molecule has 0 aliphatic rings. The van der Waals surface area contributed by atoms with E-state index < -0.39 is 10.0 Å². The first-order chi connectivity index (χ1) is 12.6. The largest absolute Gasteiger partial charge is 0.240 e. The van der Waals surface area contributed by atoms with Crippen molar-refractivity contribution in [2.45, 2.75) is 44.0 Å². The van der Waals surface area contributed by atoms with Gasteiger partial charge in [0.1, 0.15) is 0 Å². The molecule has 0 aromatic heterocycles. The summed E-state index contributed by atoms with van der Waals surface area (Å²) in [6.07, 6.45) is 4.52. The molecule has 3 aromatic rings. The van der Waals surface area contributed by atoms with Crippen molar-refractivity contribution in [3.63, 3.8) is 0 Å². The van der Waals surface area contributed by atoms with E-state index >= 15 is 0 Å². The van der Waals surface area contributed by atoms with Crippen LogP contribution in [0.1, 0.15) is 37.3 Å². The quantitative estimate of drug-likeness (QED) is 0.566. The molecular weight excluding hydrogens is 342 g/mol. The van der Waals surface area contributed by atoms with Gasteiger partial charge in [0.25, 0.3) is 0 Å². The van der Waals surface area contributed by atoms with Gasteiger partial charge in [-0.3, -0.25) is 0 Å². The second kappa shape index (κ2) is 8.47. The summed E-state index contributed by atoms with van der Waals surface area (Å²) in [5.41, 5.74) is 2.16. The highest BCUT2D eigenvalue weighted by Gasteiger charge is 2.14. The highest BCUT2D eigenvalue weighted by atomic mass is 32.2. The summed E-state index contributed by atoms with van der Waals surface area (Å²) < 4.78 is 27.9. The lowest BCUT2D eigenvalue weighted by atomic mass is 10.1. The Morgan fingerprint density at radius 1 is 0.846 bits per heavy atom. The van der Waals surface area contributed by atoms with Crippen LogP contribution in [0.5, 0.6) is 0 Å². The lowest BCUT2D eigenvalue weighted by Crippen LogP contribution is -2.23. The first-order valence-corrected chi connectivity index (χ1v) is 10.6. The first-order valence-electron chi connectivity index (χ1n) is 9.15. The van der Waals surface area contributed by atoms with Crippen molar-refractivity contribution in [1.29, 1.82) is 0 Å². The molecule has 0 aliphatic carbocycles. The molecule has 3 rings (SSSR count). The van der Waals surface area contributed by atoms with Crippen molar-refractivity contribution < 1.29 is 8.42 Å². The van der Waals surface area contributed by atoms with Gasteiger partial charge in [-0.25, -0.2) is 13.1 Å². The third kappa shape index (κ3) is 4.51. The molecule has 1 N–H and O–H groups in total. The third-order valence-corrected chi connectivity index (χ3v) is 6.05. The van der Waals surface area contributed by atoms with Gasteiger partial charge in [0.2, 0.25) is 10.0 Å². The molecule has 0 bridgehead atoms. The number of hydrogen-bond donors (Lipinski definition) is 1. The summed E-state index contributed by atoms with van der Waals surface area (Å²) in [5, 5.41) is 2.18. The second-order valence-corrected chi connectivity index (χ2v) is 8.33. The topological polar surface area (TPSA) is 46.2 Å². The Kier molecular flexibility index (Phi) is 6.07. The Bertz CT molecular complexity index is 958. The van der Waals surface area contributed by atoms with Crippen LogP contribution < -0.4 is 4.72 Å². The van der Waals surface area contributed by atoms with Crippen LogP contribution in [0.2, 0.25) is 0 Å². The zero-order valence-electron chi connectivity index (χ0n) is 15.1. The van der Waals surface area contributed by atoms with Gasteiger partial charge in [-0.1, -0.05) is 74.4 Å². The number of fused-ring (bicyclic) bond motifs is 1. The molecule has 4 heteroatoms. The lowest BCUT2D eigenvalue weighted by Gasteiger charge is -2.10. The molecule has 3 aromatic carbocycles. The van der Waals surface area contributed by atoms with E-state index in [1.165, 1.54) is 18.4 Å². The fraction of sp³-hybridized carbons (Fsp3) is 0.273. The van der Waals surface area contributed by atoms with Crippen LogP contribution in [-0.2, 0) is 23.0 Å². The third-order valence-electron chi connectivity index (χ3n) is 4.64. The van der Waals surface area contributed by atoms with E-state index in [1.54, 1.807) is 12.1 Å². The molecule has 0 heterocycles. The zero-order valence-corrected chi connectivity index (χ0v) is 15.9. The van der Waals surface area contributed by atoms with Crippen molar-refractivity contribution in [2.75, 3.05) is 0 Å². The van der Waals surface area contributed by atoms with E-state index in [9.17, 15) is 8.42 Å². The molecule has 0 saturated heterocycles. The molecule has 0 spiro atoms. The summed E-state index contributed by atoms with van der Waals surface area (Å²) in [6.45, 7) is 2.46. The normalized spacial score (nSPS) is 11.7. The number of sulfonamides is 1. The molecular formula is C22H25NO2S. The van der Waals surface area contributed by atoms with Crippen LogP contribution in [0, 0.1) is 0 Å². The number of nitrogens with one attached hydrogen (secondary N) is 1. The van der Waals surface area contributed by atoms with Crippen molar-refractivity contribution in [2.24, 2.45) is 0 Å². The Labute approximate surface area is 156 Å². The average Bonchev–Trinajstić information content (AvgIpc) is 2.67. The van der Waals surface area contributed by atoms with E-state index in [2.05, 4.69) is 11.6 Å². The van der Waals surface area contributed by atoms with Gasteiger partial charge in [-0.05, 0) is 46.9 Å². The highest BCUT2D eigenvalue weighted by molar-refractivity contribution is 7.89. The maximum Gasteiger partial charge on any atom is 0.240 e. The average molecular weight is 368 g/mol. The minimum atomic E-state index is -3.52. The second-order valence-electron chi connectivity index (χ2n) is 6.56. The van der Waals surface area contributed by atoms with Crippen molar-refractivity contribution in [3.05, 3.63) is 77.9 Å². The minimum absolute atomic E-state index is 0.280. The number of benzene rings is 3. The van der Waals surface area contributed by atoms with Crippen molar-refractivity contribution in [3.8, 4) is 0 Å². The SMILES string of the molecule is CCCCCc1ccc(S(=O)(=O)NCc2cccc3ccccc23)cc1. The predicted molar refractivity (Wildman–Crippen MR) is 108 cm³/mol. The molecule has 0 fully saturated rings. The number of aryl methyl sites for hydroxylation is 1. The standard InChI is InChI=1S/C22H25NO2S/c1-2-3-4-8-18-13-15-21(16-14-18)26(24,25)23-17-20-11-7-10-19-9-5-6-12-22(19)20/h5-7,9-16,23H,2-4,8,17H2,1H3. The van der Waals surface area contributed by atoms with Crippen LogP contribution in [0.15, 0.2) is 71.6 Å². The van der Waals surface area contributed by atoms with Crippen LogP contribution >= 0.6 is 0 Å². The predicted octanol–water partition coefficient (Wildman–Crippen LogP) is 5.05. The van der Waals surface area contributed by atoms with E-state index in [4.69, 9.17) is 0 Å². The molecule has 0 radical (unpaired) electrons. The Morgan fingerprint density at radius 2 is 1.58 bits per heavy atom. The molecule has 0 atom stereocenters. The van der Waals surface area contributed by atoms with E-state index in [1.807, 2.05) is 54.6 Å². The van der Waals surface area contributed by atoms with Crippen LogP contribution in [0.25, 0.3) is 10.8 Å². The molecule has 0 aliphatic heterocycles. The lowest BCUT2D eigenvalue weighted by molar-refractivity contribution is 0.581. The molecule has 136 valence electrons. The smallest absolute Gasteiger partial charge is 0.207 e. The summed E-state index contributed by atoms with van der Waals surface area (Å²) in [7, 11) is -3.52. The number of unbranched alkanes of at least 4 members (excludes halogenated alkanes) is 2. The fourth-order valence-corrected chi connectivity index (χ4v) is 4.12. The van der Waals surface area contributed by atoms with Gasteiger partial charge in [-0.2, -0.15) is 0 Å². The van der Waals surface area contributed by atoms with Crippen LogP contribution in [0.4, 0.5) is 0 Å². The van der Waals surface area contributed by atoms with Gasteiger partial charge in [0, 0.05) is 6.54 Å². The van der Waals surface area contributed by atoms with Crippen LogP contribution in [0.3, 0.4) is 0 Å². The highest BCUT2D eigenvalue weighted by Crippen LogP contribution is 2.19. The van der Waals surface area contributed by atoms with Gasteiger partial charge in [0.05, 0.1) is 4.90 Å². The monoisotopic (exact) mass is 367 g/mol. The van der Waals surface area contributed by atoms with Gasteiger partial charge in [-0.15, -0.1) is 0 Å². The van der Waals surface area contributed by atoms with Gasteiger partial charge in [0.15, 0.2) is 0 Å². The minimum Gasteiger partial charge on any atom is -0.207 e. The van der Waals surface area contributed by atoms with Crippen LogP contribution in [-0.4, -0.2) is 8.42 Å². The fourth-order valence-electron chi connectivity index (χ4n) is 3.12. The van der Waals surface area contributed by atoms with E-state index in [0.717, 1.165) is 29.2 Å². The molecule has 0 unspecified atom stereocenters.